The van der Waals surface area contributed by atoms with Gasteiger partial charge in [0, 0.05) is 23.7 Å². The van der Waals surface area contributed by atoms with Crippen LogP contribution in [0, 0.1) is 20.8 Å². The van der Waals surface area contributed by atoms with Crippen LogP contribution in [0.3, 0.4) is 0 Å². The lowest BCUT2D eigenvalue weighted by Gasteiger charge is -2.17. The maximum absolute atomic E-state index is 12.3. The number of carbonyl (C=O) groups excluding carboxylic acids is 1. The Labute approximate surface area is 158 Å². The molecular formula is C22H24N2O3. The van der Waals surface area contributed by atoms with Gasteiger partial charge in [0.25, 0.3) is 0 Å². The van der Waals surface area contributed by atoms with Gasteiger partial charge in [-0.05, 0) is 68.8 Å². The van der Waals surface area contributed by atoms with E-state index in [1.54, 1.807) is 0 Å². The minimum atomic E-state index is -0.377. The number of aryl methyl sites for hydroxylation is 3. The molecule has 0 saturated heterocycles. The fourth-order valence-corrected chi connectivity index (χ4v) is 3.04. The highest BCUT2D eigenvalue weighted by atomic mass is 16.4. The van der Waals surface area contributed by atoms with Crippen molar-refractivity contribution in [2.24, 2.45) is 0 Å². The molecule has 140 valence electrons. The van der Waals surface area contributed by atoms with Gasteiger partial charge in [0.05, 0.1) is 6.54 Å². The Kier molecular flexibility index (Phi) is 5.42. The summed E-state index contributed by atoms with van der Waals surface area (Å²) in [6, 6.07) is 13.1. The predicted octanol–water partition coefficient (Wildman–Crippen LogP) is 3.79. The summed E-state index contributed by atoms with van der Waals surface area (Å²) in [7, 11) is 1.86. The van der Waals surface area contributed by atoms with Gasteiger partial charge in [-0.25, -0.2) is 4.79 Å². The lowest BCUT2D eigenvalue weighted by Crippen LogP contribution is -2.30. The number of fused-ring (bicyclic) bond motifs is 1. The lowest BCUT2D eigenvalue weighted by molar-refractivity contribution is -0.117. The van der Waals surface area contributed by atoms with Crippen LogP contribution in [-0.2, 0) is 11.3 Å². The molecule has 0 aliphatic carbocycles. The second-order valence-corrected chi connectivity index (χ2v) is 7.11. The van der Waals surface area contributed by atoms with Crippen LogP contribution in [0.1, 0.15) is 22.3 Å². The highest BCUT2D eigenvalue weighted by molar-refractivity contribution is 5.92. The molecule has 1 amide bonds. The molecule has 0 bridgehead atoms. The second kappa shape index (κ2) is 7.76. The van der Waals surface area contributed by atoms with Gasteiger partial charge in [0.1, 0.15) is 5.58 Å². The van der Waals surface area contributed by atoms with Crippen LogP contribution in [0.25, 0.3) is 11.0 Å². The summed E-state index contributed by atoms with van der Waals surface area (Å²) in [5, 5.41) is 3.80. The average molecular weight is 364 g/mol. The minimum absolute atomic E-state index is 0.0966. The number of rotatable bonds is 5. The Balaban J connectivity index is 1.74. The van der Waals surface area contributed by atoms with Crippen LogP contribution in [-0.4, -0.2) is 24.4 Å². The molecule has 0 saturated carbocycles. The second-order valence-electron chi connectivity index (χ2n) is 7.11. The summed E-state index contributed by atoms with van der Waals surface area (Å²) in [6.07, 6.45) is 0. The van der Waals surface area contributed by atoms with Crippen molar-refractivity contribution in [3.8, 4) is 0 Å². The van der Waals surface area contributed by atoms with Gasteiger partial charge in [-0.1, -0.05) is 17.7 Å². The Morgan fingerprint density at radius 1 is 1.04 bits per heavy atom. The number of nitrogens with zero attached hydrogens (tertiary/aromatic N) is 1. The van der Waals surface area contributed by atoms with Gasteiger partial charge in [0.15, 0.2) is 0 Å². The standard InChI is InChI=1S/C22H24N2O3/c1-14-5-7-18(8-6-14)23-21(25)13-24(4)12-17-11-22(26)27-20-10-16(3)15(2)9-19(17)20/h5-11H,12-13H2,1-4H3,(H,23,25). The summed E-state index contributed by atoms with van der Waals surface area (Å²) in [5.74, 6) is -0.0966. The SMILES string of the molecule is Cc1ccc(NC(=O)CN(C)Cc2cc(=O)oc3cc(C)c(C)cc23)cc1. The van der Waals surface area contributed by atoms with Crippen LogP contribution in [0.5, 0.6) is 0 Å². The summed E-state index contributed by atoms with van der Waals surface area (Å²) < 4.78 is 5.34. The molecule has 0 fully saturated rings. The van der Waals surface area contributed by atoms with Crippen molar-refractivity contribution in [3.05, 3.63) is 75.1 Å². The van der Waals surface area contributed by atoms with Crippen LogP contribution in [0.15, 0.2) is 51.7 Å². The Hall–Kier alpha value is -2.92. The number of hydrogen-bond donors (Lipinski definition) is 1. The van der Waals surface area contributed by atoms with Crippen molar-refractivity contribution < 1.29 is 9.21 Å². The molecule has 0 spiro atoms. The van der Waals surface area contributed by atoms with Gasteiger partial charge >= 0.3 is 5.63 Å². The Morgan fingerprint density at radius 2 is 1.70 bits per heavy atom. The normalized spacial score (nSPS) is 11.1. The lowest BCUT2D eigenvalue weighted by atomic mass is 10.0. The zero-order valence-corrected chi connectivity index (χ0v) is 16.1. The fraction of sp³-hybridized carbons (Fsp3) is 0.273. The molecule has 0 atom stereocenters. The third-order valence-corrected chi connectivity index (χ3v) is 4.63. The van der Waals surface area contributed by atoms with Gasteiger partial charge in [-0.15, -0.1) is 0 Å². The van der Waals surface area contributed by atoms with Crippen molar-refractivity contribution in [1.29, 1.82) is 0 Å². The third-order valence-electron chi connectivity index (χ3n) is 4.63. The molecule has 1 N–H and O–H groups in total. The zero-order chi connectivity index (χ0) is 19.6. The van der Waals surface area contributed by atoms with Gasteiger partial charge in [-0.2, -0.15) is 0 Å². The molecule has 1 heterocycles. The van der Waals surface area contributed by atoms with E-state index in [0.29, 0.717) is 12.1 Å². The minimum Gasteiger partial charge on any atom is -0.423 e. The number of nitrogens with one attached hydrogen (secondary N) is 1. The number of hydrogen-bond acceptors (Lipinski definition) is 4. The molecule has 5 heteroatoms. The van der Waals surface area contributed by atoms with E-state index < -0.39 is 0 Å². The molecule has 0 radical (unpaired) electrons. The Morgan fingerprint density at radius 3 is 2.41 bits per heavy atom. The maximum atomic E-state index is 12.3. The van der Waals surface area contributed by atoms with Gasteiger partial charge < -0.3 is 9.73 Å². The molecule has 1 aromatic heterocycles. The molecule has 3 rings (SSSR count). The first kappa shape index (κ1) is 18.9. The van der Waals surface area contributed by atoms with E-state index >= 15 is 0 Å². The zero-order valence-electron chi connectivity index (χ0n) is 16.1. The van der Waals surface area contributed by atoms with Crippen molar-refractivity contribution in [1.82, 2.24) is 4.90 Å². The van der Waals surface area contributed by atoms with E-state index in [2.05, 4.69) is 5.32 Å². The Bertz CT molecular complexity index is 1040. The van der Waals surface area contributed by atoms with Crippen molar-refractivity contribution >= 4 is 22.6 Å². The number of carbonyl (C=O) groups is 1. The molecule has 0 unspecified atom stereocenters. The highest BCUT2D eigenvalue weighted by Crippen LogP contribution is 2.22. The molecule has 5 nitrogen and oxygen atoms in total. The summed E-state index contributed by atoms with van der Waals surface area (Å²) in [4.78, 5) is 26.1. The number of amides is 1. The van der Waals surface area contributed by atoms with Crippen LogP contribution < -0.4 is 10.9 Å². The van der Waals surface area contributed by atoms with Crippen LogP contribution in [0.2, 0.25) is 0 Å². The fourth-order valence-electron chi connectivity index (χ4n) is 3.04. The first-order valence-electron chi connectivity index (χ1n) is 8.91. The van der Waals surface area contributed by atoms with E-state index in [-0.39, 0.29) is 18.1 Å². The third kappa shape index (κ3) is 4.63. The van der Waals surface area contributed by atoms with E-state index in [1.807, 2.05) is 69.1 Å². The highest BCUT2D eigenvalue weighted by Gasteiger charge is 2.12. The monoisotopic (exact) mass is 364 g/mol. The molecule has 3 aromatic rings. The van der Waals surface area contributed by atoms with Crippen LogP contribution >= 0.6 is 0 Å². The molecular weight excluding hydrogens is 340 g/mol. The summed E-state index contributed by atoms with van der Waals surface area (Å²) in [5.41, 5.74) is 5.19. The first-order valence-corrected chi connectivity index (χ1v) is 8.91. The quantitative estimate of drug-likeness (QED) is 0.700. The molecule has 27 heavy (non-hydrogen) atoms. The van der Waals surface area contributed by atoms with E-state index in [0.717, 1.165) is 33.3 Å². The van der Waals surface area contributed by atoms with Gasteiger partial charge in [-0.3, -0.25) is 9.69 Å². The number of likely N-dealkylation sites (N-methyl/N-ethyl adjacent to an activating group) is 1. The summed E-state index contributed by atoms with van der Waals surface area (Å²) in [6.45, 7) is 6.72. The van der Waals surface area contributed by atoms with Crippen molar-refractivity contribution in [3.63, 3.8) is 0 Å². The average Bonchev–Trinajstić information content (AvgIpc) is 2.58. The van der Waals surface area contributed by atoms with Crippen LogP contribution in [0.4, 0.5) is 5.69 Å². The number of benzene rings is 2. The number of anilines is 1. The van der Waals surface area contributed by atoms with Crippen molar-refractivity contribution in [2.45, 2.75) is 27.3 Å². The molecule has 0 aliphatic heterocycles. The molecule has 2 aromatic carbocycles. The largest absolute Gasteiger partial charge is 0.423 e. The molecule has 0 aliphatic rings. The van der Waals surface area contributed by atoms with Crippen molar-refractivity contribution in [2.75, 3.05) is 18.9 Å². The van der Waals surface area contributed by atoms with E-state index in [9.17, 15) is 9.59 Å². The van der Waals surface area contributed by atoms with E-state index in [1.165, 1.54) is 6.07 Å². The maximum Gasteiger partial charge on any atom is 0.336 e. The topological polar surface area (TPSA) is 62.6 Å². The smallest absolute Gasteiger partial charge is 0.336 e. The van der Waals surface area contributed by atoms with Gasteiger partial charge in [0.2, 0.25) is 5.91 Å². The predicted molar refractivity (Wildman–Crippen MR) is 108 cm³/mol. The first-order chi connectivity index (χ1) is 12.8. The van der Waals surface area contributed by atoms with E-state index in [4.69, 9.17) is 4.42 Å². The summed E-state index contributed by atoms with van der Waals surface area (Å²) >= 11 is 0.